The maximum absolute atomic E-state index is 12.7. The molecule has 3 rings (SSSR count). The van der Waals surface area contributed by atoms with E-state index in [0.29, 0.717) is 23.2 Å². The number of rotatable bonds is 5. The van der Waals surface area contributed by atoms with Crippen LogP contribution in [0.1, 0.15) is 22.1 Å². The summed E-state index contributed by atoms with van der Waals surface area (Å²) in [7, 11) is 3.22. The molecule has 1 saturated heterocycles. The summed E-state index contributed by atoms with van der Waals surface area (Å²) in [4.78, 5) is 16.1. The number of carbonyl (C=O) groups excluding carboxylic acids is 1. The number of hydrogen-bond acceptors (Lipinski definition) is 5. The van der Waals surface area contributed by atoms with Crippen LogP contribution < -0.4 is 9.47 Å². The Hall–Kier alpha value is -1.66. The van der Waals surface area contributed by atoms with Gasteiger partial charge in [0.25, 0.3) is 0 Å². The van der Waals surface area contributed by atoms with Gasteiger partial charge in [-0.05, 0) is 35.6 Å². The van der Waals surface area contributed by atoms with Crippen molar-refractivity contribution in [2.45, 2.75) is 18.1 Å². The smallest absolute Gasteiger partial charge is 0.227 e. The highest BCUT2D eigenvalue weighted by Gasteiger charge is 2.22. The molecule has 2 heterocycles. The molecule has 134 valence electrons. The van der Waals surface area contributed by atoms with Crippen LogP contribution in [0, 0.1) is 0 Å². The summed E-state index contributed by atoms with van der Waals surface area (Å²) in [5, 5.41) is 2.64. The van der Waals surface area contributed by atoms with Gasteiger partial charge in [-0.25, -0.2) is 0 Å². The lowest BCUT2D eigenvalue weighted by Crippen LogP contribution is -2.34. The molecule has 1 aromatic carbocycles. The van der Waals surface area contributed by atoms with Crippen LogP contribution in [0.5, 0.6) is 11.5 Å². The van der Waals surface area contributed by atoms with Crippen molar-refractivity contribution in [1.82, 2.24) is 4.90 Å². The zero-order chi connectivity index (χ0) is 17.6. The number of ether oxygens (including phenoxy) is 2. The van der Waals surface area contributed by atoms with Crippen LogP contribution in [0.3, 0.4) is 0 Å². The van der Waals surface area contributed by atoms with Gasteiger partial charge in [-0.3, -0.25) is 4.79 Å². The van der Waals surface area contributed by atoms with Crippen LogP contribution in [0.4, 0.5) is 0 Å². The molecule has 1 aliphatic heterocycles. The molecule has 0 aliphatic carbocycles. The summed E-state index contributed by atoms with van der Waals surface area (Å²) in [6, 6.07) is 9.97. The standard InChI is InChI=1S/C19H23NO3S2/c1-22-15-6-5-14(12-16(15)23-2)13-19(21)20-8-7-18(25-11-9-20)17-4-3-10-24-17/h3-6,10,12,18H,7-9,11,13H2,1-2H3. The maximum atomic E-state index is 12.7. The zero-order valence-corrected chi connectivity index (χ0v) is 16.2. The predicted octanol–water partition coefficient (Wildman–Crippen LogP) is 4.01. The Morgan fingerprint density at radius 1 is 1.20 bits per heavy atom. The molecule has 0 saturated carbocycles. The van der Waals surface area contributed by atoms with E-state index in [4.69, 9.17) is 9.47 Å². The molecule has 1 unspecified atom stereocenters. The fraction of sp³-hybridized carbons (Fsp3) is 0.421. The lowest BCUT2D eigenvalue weighted by atomic mass is 10.1. The Labute approximate surface area is 157 Å². The summed E-state index contributed by atoms with van der Waals surface area (Å²) in [6.07, 6.45) is 1.41. The third-order valence-corrected chi connectivity index (χ3v) is 6.80. The zero-order valence-electron chi connectivity index (χ0n) is 14.6. The van der Waals surface area contributed by atoms with Crippen molar-refractivity contribution in [2.24, 2.45) is 0 Å². The molecule has 25 heavy (non-hydrogen) atoms. The van der Waals surface area contributed by atoms with E-state index in [1.54, 1.807) is 14.2 Å². The summed E-state index contributed by atoms with van der Waals surface area (Å²) >= 11 is 3.77. The SMILES string of the molecule is COc1ccc(CC(=O)N2CCSC(c3cccs3)CC2)cc1OC. The van der Waals surface area contributed by atoms with Crippen LogP contribution in [0.25, 0.3) is 0 Å². The monoisotopic (exact) mass is 377 g/mol. The Morgan fingerprint density at radius 2 is 2.04 bits per heavy atom. The van der Waals surface area contributed by atoms with Crippen LogP contribution in [0.15, 0.2) is 35.7 Å². The van der Waals surface area contributed by atoms with E-state index in [9.17, 15) is 4.79 Å². The number of amides is 1. The van der Waals surface area contributed by atoms with Crippen LogP contribution in [-0.4, -0.2) is 43.9 Å². The second kappa shape index (κ2) is 8.63. The highest BCUT2D eigenvalue weighted by atomic mass is 32.2. The number of thiophene rings is 1. The van der Waals surface area contributed by atoms with E-state index in [1.807, 2.05) is 46.2 Å². The van der Waals surface area contributed by atoms with Crippen molar-refractivity contribution in [3.8, 4) is 11.5 Å². The van der Waals surface area contributed by atoms with Crippen molar-refractivity contribution in [3.05, 3.63) is 46.2 Å². The number of thioether (sulfide) groups is 1. The first kappa shape index (κ1) is 18.1. The van der Waals surface area contributed by atoms with E-state index in [-0.39, 0.29) is 5.91 Å². The maximum Gasteiger partial charge on any atom is 0.227 e. The van der Waals surface area contributed by atoms with Crippen molar-refractivity contribution < 1.29 is 14.3 Å². The average molecular weight is 378 g/mol. The van der Waals surface area contributed by atoms with E-state index >= 15 is 0 Å². The number of hydrogen-bond donors (Lipinski definition) is 0. The van der Waals surface area contributed by atoms with Gasteiger partial charge in [-0.15, -0.1) is 11.3 Å². The summed E-state index contributed by atoms with van der Waals surface area (Å²) in [6.45, 7) is 1.64. The molecule has 1 fully saturated rings. The van der Waals surface area contributed by atoms with Crippen molar-refractivity contribution in [1.29, 1.82) is 0 Å². The molecule has 6 heteroatoms. The van der Waals surface area contributed by atoms with Gasteiger partial charge in [0.1, 0.15) is 0 Å². The van der Waals surface area contributed by atoms with Crippen LogP contribution in [-0.2, 0) is 11.2 Å². The first-order valence-corrected chi connectivity index (χ1v) is 10.3. The number of methoxy groups -OCH3 is 2. The first-order valence-electron chi connectivity index (χ1n) is 8.35. The van der Waals surface area contributed by atoms with Crippen molar-refractivity contribution in [3.63, 3.8) is 0 Å². The van der Waals surface area contributed by atoms with E-state index in [2.05, 4.69) is 17.5 Å². The Balaban J connectivity index is 1.61. The van der Waals surface area contributed by atoms with E-state index in [1.165, 1.54) is 4.88 Å². The molecule has 0 spiro atoms. The third-order valence-electron chi connectivity index (χ3n) is 4.36. The topological polar surface area (TPSA) is 38.8 Å². The fourth-order valence-electron chi connectivity index (χ4n) is 3.00. The molecular weight excluding hydrogens is 354 g/mol. The molecule has 0 N–H and O–H groups in total. The largest absolute Gasteiger partial charge is 0.493 e. The Morgan fingerprint density at radius 3 is 2.76 bits per heavy atom. The Bertz CT molecular complexity index is 703. The van der Waals surface area contributed by atoms with Crippen molar-refractivity contribution in [2.75, 3.05) is 33.1 Å². The lowest BCUT2D eigenvalue weighted by Gasteiger charge is -2.20. The average Bonchev–Trinajstić information content (AvgIpc) is 3.06. The highest BCUT2D eigenvalue weighted by molar-refractivity contribution is 7.99. The fourth-order valence-corrected chi connectivity index (χ4v) is 5.24. The molecule has 2 aromatic rings. The van der Waals surface area contributed by atoms with E-state index < -0.39 is 0 Å². The van der Waals surface area contributed by atoms with Crippen LogP contribution >= 0.6 is 23.1 Å². The molecular formula is C19H23NO3S2. The van der Waals surface area contributed by atoms with Gasteiger partial charge in [0.05, 0.1) is 20.6 Å². The second-order valence-corrected chi connectivity index (χ2v) is 8.20. The number of benzene rings is 1. The normalized spacial score (nSPS) is 17.8. The molecule has 4 nitrogen and oxygen atoms in total. The van der Waals surface area contributed by atoms with Gasteiger partial charge in [0.15, 0.2) is 11.5 Å². The number of carbonyl (C=O) groups is 1. The third kappa shape index (κ3) is 4.50. The summed E-state index contributed by atoms with van der Waals surface area (Å²) < 4.78 is 10.6. The van der Waals surface area contributed by atoms with E-state index in [0.717, 1.165) is 30.8 Å². The highest BCUT2D eigenvalue weighted by Crippen LogP contribution is 2.36. The molecule has 1 amide bonds. The molecule has 0 bridgehead atoms. The quantitative estimate of drug-likeness (QED) is 0.789. The van der Waals surface area contributed by atoms with Gasteiger partial charge in [0, 0.05) is 29.0 Å². The van der Waals surface area contributed by atoms with Crippen molar-refractivity contribution >= 4 is 29.0 Å². The van der Waals surface area contributed by atoms with Gasteiger partial charge >= 0.3 is 0 Å². The molecule has 1 aliphatic rings. The lowest BCUT2D eigenvalue weighted by molar-refractivity contribution is -0.130. The molecule has 1 aromatic heterocycles. The van der Waals surface area contributed by atoms with Crippen LogP contribution in [0.2, 0.25) is 0 Å². The molecule has 1 atom stereocenters. The summed E-state index contributed by atoms with van der Waals surface area (Å²) in [5.41, 5.74) is 0.953. The van der Waals surface area contributed by atoms with Gasteiger partial charge < -0.3 is 14.4 Å². The minimum Gasteiger partial charge on any atom is -0.493 e. The minimum atomic E-state index is 0.180. The van der Waals surface area contributed by atoms with Gasteiger partial charge in [0.2, 0.25) is 5.91 Å². The number of nitrogens with zero attached hydrogens (tertiary/aromatic N) is 1. The minimum absolute atomic E-state index is 0.180. The first-order chi connectivity index (χ1) is 12.2. The predicted molar refractivity (Wildman–Crippen MR) is 104 cm³/mol. The van der Waals surface area contributed by atoms with Gasteiger partial charge in [-0.1, -0.05) is 12.1 Å². The second-order valence-electron chi connectivity index (χ2n) is 5.91. The van der Waals surface area contributed by atoms with Gasteiger partial charge in [-0.2, -0.15) is 11.8 Å². The molecule has 0 radical (unpaired) electrons. The summed E-state index contributed by atoms with van der Waals surface area (Å²) in [5.74, 6) is 2.51. The Kier molecular flexibility index (Phi) is 6.26.